The first-order chi connectivity index (χ1) is 11.0. The van der Waals surface area contributed by atoms with Crippen LogP contribution in [-0.4, -0.2) is 47.4 Å². The molecule has 0 bridgehead atoms. The topological polar surface area (TPSA) is 75.3 Å². The number of methoxy groups -OCH3 is 1. The van der Waals surface area contributed by atoms with E-state index in [9.17, 15) is 9.59 Å². The van der Waals surface area contributed by atoms with Crippen molar-refractivity contribution >= 4 is 11.9 Å². The van der Waals surface area contributed by atoms with Gasteiger partial charge in [-0.3, -0.25) is 9.78 Å². The zero-order chi connectivity index (χ0) is 17.0. The third kappa shape index (κ3) is 3.59. The molecule has 0 saturated carbocycles. The predicted molar refractivity (Wildman–Crippen MR) is 86.5 cm³/mol. The molecule has 0 aromatic carbocycles. The molecular weight excluding hydrogens is 294 g/mol. The number of hydrogen-bond donors (Lipinski definition) is 1. The predicted octanol–water partition coefficient (Wildman–Crippen LogP) is 2.13. The van der Waals surface area contributed by atoms with Crippen molar-refractivity contribution in [2.75, 3.05) is 20.7 Å². The summed E-state index contributed by atoms with van der Waals surface area (Å²) in [5, 5.41) is 0. The van der Waals surface area contributed by atoms with Gasteiger partial charge in [0.25, 0.3) is 5.91 Å². The number of hydrogen-bond acceptors (Lipinski definition) is 4. The molecule has 0 saturated heterocycles. The number of ether oxygens (including phenoxy) is 1. The van der Waals surface area contributed by atoms with Gasteiger partial charge in [-0.15, -0.1) is 0 Å². The first-order valence-corrected chi connectivity index (χ1v) is 7.38. The second-order valence-corrected chi connectivity index (χ2v) is 5.41. The molecule has 2 rings (SSSR count). The minimum atomic E-state index is -0.438. The van der Waals surface area contributed by atoms with Gasteiger partial charge in [-0.2, -0.15) is 0 Å². The minimum Gasteiger partial charge on any atom is -0.465 e. The highest BCUT2D eigenvalue weighted by atomic mass is 16.5. The summed E-state index contributed by atoms with van der Waals surface area (Å²) < 4.78 is 4.76. The lowest BCUT2D eigenvalue weighted by Gasteiger charge is -2.16. The van der Waals surface area contributed by atoms with Gasteiger partial charge < -0.3 is 14.6 Å². The minimum absolute atomic E-state index is 0.156. The van der Waals surface area contributed by atoms with E-state index in [0.717, 1.165) is 5.69 Å². The van der Waals surface area contributed by atoms with Crippen molar-refractivity contribution < 1.29 is 14.3 Å². The molecule has 0 aliphatic rings. The van der Waals surface area contributed by atoms with E-state index in [1.165, 1.54) is 7.11 Å². The molecule has 0 atom stereocenters. The van der Waals surface area contributed by atoms with Gasteiger partial charge in [0.05, 0.1) is 12.7 Å². The Bertz CT molecular complexity index is 707. The Morgan fingerprint density at radius 2 is 2.04 bits per heavy atom. The van der Waals surface area contributed by atoms with E-state index in [1.54, 1.807) is 32.0 Å². The number of amides is 1. The lowest BCUT2D eigenvalue weighted by Crippen LogP contribution is -2.29. The SMILES string of the molecule is COC(=O)c1c(C)[nH]c(C(=O)N(C)CCc2ccccn2)c1C. The van der Waals surface area contributed by atoms with Crippen LogP contribution in [0.3, 0.4) is 0 Å². The zero-order valence-corrected chi connectivity index (χ0v) is 13.8. The summed E-state index contributed by atoms with van der Waals surface area (Å²) in [7, 11) is 3.06. The van der Waals surface area contributed by atoms with Crippen molar-refractivity contribution in [1.82, 2.24) is 14.9 Å². The molecule has 122 valence electrons. The highest BCUT2D eigenvalue weighted by Crippen LogP contribution is 2.20. The van der Waals surface area contributed by atoms with Crippen molar-refractivity contribution in [2.24, 2.45) is 0 Å². The third-order valence-corrected chi connectivity index (χ3v) is 3.82. The number of H-pyrrole nitrogens is 1. The van der Waals surface area contributed by atoms with E-state index in [1.807, 2.05) is 18.2 Å². The van der Waals surface area contributed by atoms with Crippen molar-refractivity contribution in [1.29, 1.82) is 0 Å². The Balaban J connectivity index is 2.12. The number of aromatic amines is 1. The van der Waals surface area contributed by atoms with Crippen LogP contribution >= 0.6 is 0 Å². The number of carbonyl (C=O) groups excluding carboxylic acids is 2. The summed E-state index contributed by atoms with van der Waals surface area (Å²) in [6.45, 7) is 4.04. The monoisotopic (exact) mass is 315 g/mol. The standard InChI is InChI=1S/C17H21N3O3/c1-11-14(17(22)23-4)12(2)19-15(11)16(21)20(3)10-8-13-7-5-6-9-18-13/h5-7,9,19H,8,10H2,1-4H3. The summed E-state index contributed by atoms with van der Waals surface area (Å²) in [6, 6.07) is 5.71. The number of aromatic nitrogens is 2. The number of nitrogens with one attached hydrogen (secondary N) is 1. The van der Waals surface area contributed by atoms with Crippen LogP contribution in [0, 0.1) is 13.8 Å². The molecule has 0 spiro atoms. The van der Waals surface area contributed by atoms with E-state index in [0.29, 0.717) is 35.5 Å². The van der Waals surface area contributed by atoms with Crippen molar-refractivity contribution in [3.8, 4) is 0 Å². The Morgan fingerprint density at radius 3 is 2.65 bits per heavy atom. The Hall–Kier alpha value is -2.63. The van der Waals surface area contributed by atoms with Crippen molar-refractivity contribution in [3.05, 3.63) is 52.6 Å². The maximum absolute atomic E-state index is 12.6. The largest absolute Gasteiger partial charge is 0.465 e. The molecule has 23 heavy (non-hydrogen) atoms. The molecule has 0 fully saturated rings. The molecule has 0 aliphatic heterocycles. The smallest absolute Gasteiger partial charge is 0.339 e. The first-order valence-electron chi connectivity index (χ1n) is 7.38. The van der Waals surface area contributed by atoms with Crippen LogP contribution in [0.15, 0.2) is 24.4 Å². The van der Waals surface area contributed by atoms with Crippen LogP contribution in [-0.2, 0) is 11.2 Å². The van der Waals surface area contributed by atoms with E-state index in [-0.39, 0.29) is 5.91 Å². The second kappa shape index (κ2) is 7.09. The van der Waals surface area contributed by atoms with Gasteiger partial charge in [0.1, 0.15) is 5.69 Å². The maximum atomic E-state index is 12.6. The highest BCUT2D eigenvalue weighted by Gasteiger charge is 2.24. The van der Waals surface area contributed by atoms with Gasteiger partial charge in [0.2, 0.25) is 0 Å². The van der Waals surface area contributed by atoms with Gasteiger partial charge in [0.15, 0.2) is 0 Å². The molecule has 0 radical (unpaired) electrons. The Kier molecular flexibility index (Phi) is 5.16. The molecular formula is C17H21N3O3. The number of likely N-dealkylation sites (N-methyl/N-ethyl adjacent to an activating group) is 1. The van der Waals surface area contributed by atoms with Crippen LogP contribution in [0.1, 0.15) is 37.8 Å². The normalized spacial score (nSPS) is 10.4. The van der Waals surface area contributed by atoms with E-state index < -0.39 is 5.97 Å². The number of carbonyl (C=O) groups is 2. The molecule has 1 amide bonds. The average molecular weight is 315 g/mol. The summed E-state index contributed by atoms with van der Waals surface area (Å²) in [6.07, 6.45) is 2.41. The van der Waals surface area contributed by atoms with E-state index in [2.05, 4.69) is 9.97 Å². The zero-order valence-electron chi connectivity index (χ0n) is 13.8. The van der Waals surface area contributed by atoms with Crippen LogP contribution in [0.5, 0.6) is 0 Å². The molecule has 0 unspecified atom stereocenters. The summed E-state index contributed by atoms with van der Waals surface area (Å²) in [5.41, 5.74) is 3.03. The van der Waals surface area contributed by atoms with Crippen LogP contribution in [0.25, 0.3) is 0 Å². The molecule has 2 aromatic rings. The number of esters is 1. The molecule has 2 heterocycles. The number of aryl methyl sites for hydroxylation is 1. The summed E-state index contributed by atoms with van der Waals surface area (Å²) in [4.78, 5) is 33.2. The van der Waals surface area contributed by atoms with Gasteiger partial charge >= 0.3 is 5.97 Å². The van der Waals surface area contributed by atoms with Gasteiger partial charge in [-0.1, -0.05) is 6.07 Å². The average Bonchev–Trinajstić information content (AvgIpc) is 2.86. The van der Waals surface area contributed by atoms with Crippen LogP contribution in [0.2, 0.25) is 0 Å². The van der Waals surface area contributed by atoms with Crippen LogP contribution in [0.4, 0.5) is 0 Å². The summed E-state index contributed by atoms with van der Waals surface area (Å²) in [5.74, 6) is -0.594. The fourth-order valence-electron chi connectivity index (χ4n) is 2.49. The van der Waals surface area contributed by atoms with E-state index in [4.69, 9.17) is 4.74 Å². The first kappa shape index (κ1) is 16.7. The van der Waals surface area contributed by atoms with E-state index >= 15 is 0 Å². The van der Waals surface area contributed by atoms with Gasteiger partial charge in [-0.25, -0.2) is 4.79 Å². The maximum Gasteiger partial charge on any atom is 0.339 e. The molecule has 6 nitrogen and oxygen atoms in total. The summed E-state index contributed by atoms with van der Waals surface area (Å²) >= 11 is 0. The van der Waals surface area contributed by atoms with Gasteiger partial charge in [0, 0.05) is 37.6 Å². The Labute approximate surface area is 135 Å². The van der Waals surface area contributed by atoms with Crippen molar-refractivity contribution in [2.45, 2.75) is 20.3 Å². The molecule has 2 aromatic heterocycles. The molecule has 0 aliphatic carbocycles. The highest BCUT2D eigenvalue weighted by molar-refractivity contribution is 6.00. The molecule has 1 N–H and O–H groups in total. The third-order valence-electron chi connectivity index (χ3n) is 3.82. The number of rotatable bonds is 5. The molecule has 6 heteroatoms. The van der Waals surface area contributed by atoms with Crippen LogP contribution < -0.4 is 0 Å². The number of pyridine rings is 1. The van der Waals surface area contributed by atoms with Crippen molar-refractivity contribution in [3.63, 3.8) is 0 Å². The Morgan fingerprint density at radius 1 is 1.30 bits per heavy atom. The fourth-order valence-corrected chi connectivity index (χ4v) is 2.49. The second-order valence-electron chi connectivity index (χ2n) is 5.41. The number of nitrogens with zero attached hydrogens (tertiary/aromatic N) is 2. The quantitative estimate of drug-likeness (QED) is 0.858. The van der Waals surface area contributed by atoms with Gasteiger partial charge in [-0.05, 0) is 31.5 Å². The lowest BCUT2D eigenvalue weighted by atomic mass is 10.1. The fraction of sp³-hybridized carbons (Fsp3) is 0.353. The lowest BCUT2D eigenvalue weighted by molar-refractivity contribution is 0.0599.